The number of nitrogens with one attached hydrogen (secondary N) is 1. The van der Waals surface area contributed by atoms with E-state index in [1.807, 2.05) is 13.8 Å². The Morgan fingerprint density at radius 1 is 1.08 bits per heavy atom. The molecule has 0 aromatic heterocycles. The molecule has 26 heavy (non-hydrogen) atoms. The molecule has 3 amide bonds. The lowest BCUT2D eigenvalue weighted by atomic mass is 10.0. The monoisotopic (exact) mass is 360 g/mol. The lowest BCUT2D eigenvalue weighted by Crippen LogP contribution is -2.45. The van der Waals surface area contributed by atoms with Crippen LogP contribution in [0.5, 0.6) is 0 Å². The minimum Gasteiger partial charge on any atom is -0.467 e. The topological polar surface area (TPSA) is 92.8 Å². The summed E-state index contributed by atoms with van der Waals surface area (Å²) >= 11 is 0. The van der Waals surface area contributed by atoms with Gasteiger partial charge in [-0.2, -0.15) is 0 Å². The number of carbonyl (C=O) groups excluding carboxylic acids is 4. The second kappa shape index (κ2) is 7.68. The minimum absolute atomic E-state index is 0.145. The van der Waals surface area contributed by atoms with Crippen molar-refractivity contribution in [2.45, 2.75) is 33.7 Å². The standard InChI is InChI=1S/C19H24N2O5/c1-10(2)9-21-17(23)13-7-6-12(8-14(13)18(21)24)16(22)20-15(11(3)4)19(25)26-5/h6-8,10-11,15H,9H2,1-5H3,(H,20,22)/t15-/m1/s1. The highest BCUT2D eigenvalue weighted by molar-refractivity contribution is 6.22. The molecule has 0 spiro atoms. The van der Waals surface area contributed by atoms with E-state index in [0.717, 1.165) is 0 Å². The van der Waals surface area contributed by atoms with Crippen LogP contribution in [-0.2, 0) is 9.53 Å². The number of ether oxygens (including phenoxy) is 1. The van der Waals surface area contributed by atoms with E-state index < -0.39 is 23.8 Å². The minimum atomic E-state index is -0.796. The Hall–Kier alpha value is -2.70. The molecule has 7 nitrogen and oxygen atoms in total. The molecular formula is C19H24N2O5. The first-order valence-electron chi connectivity index (χ1n) is 8.56. The van der Waals surface area contributed by atoms with E-state index in [1.165, 1.54) is 30.2 Å². The van der Waals surface area contributed by atoms with Crippen molar-refractivity contribution in [3.05, 3.63) is 34.9 Å². The molecule has 1 atom stereocenters. The summed E-state index contributed by atoms with van der Waals surface area (Å²) in [6.45, 7) is 7.74. The number of imide groups is 1. The van der Waals surface area contributed by atoms with Gasteiger partial charge in [-0.15, -0.1) is 0 Å². The Morgan fingerprint density at radius 2 is 1.69 bits per heavy atom. The first-order chi connectivity index (χ1) is 12.2. The molecule has 0 bridgehead atoms. The maximum atomic E-state index is 12.5. The van der Waals surface area contributed by atoms with Crippen LogP contribution in [0.15, 0.2) is 18.2 Å². The van der Waals surface area contributed by atoms with Crippen LogP contribution in [0, 0.1) is 11.8 Å². The summed E-state index contributed by atoms with van der Waals surface area (Å²) in [5.41, 5.74) is 0.717. The van der Waals surface area contributed by atoms with Crippen molar-refractivity contribution in [3.8, 4) is 0 Å². The summed E-state index contributed by atoms with van der Waals surface area (Å²) in [5.74, 6) is -1.80. The molecule has 0 saturated heterocycles. The van der Waals surface area contributed by atoms with Crippen molar-refractivity contribution < 1.29 is 23.9 Å². The van der Waals surface area contributed by atoms with Crippen molar-refractivity contribution in [1.82, 2.24) is 10.2 Å². The molecule has 140 valence electrons. The number of benzene rings is 1. The van der Waals surface area contributed by atoms with Crippen LogP contribution in [0.2, 0.25) is 0 Å². The number of esters is 1. The Morgan fingerprint density at radius 3 is 2.23 bits per heavy atom. The number of amides is 3. The molecule has 2 rings (SSSR count). The molecule has 0 fully saturated rings. The summed E-state index contributed by atoms with van der Waals surface area (Å²) in [4.78, 5) is 50.4. The molecule has 1 aliphatic heterocycles. The van der Waals surface area contributed by atoms with Gasteiger partial charge in [0.2, 0.25) is 0 Å². The maximum Gasteiger partial charge on any atom is 0.328 e. The van der Waals surface area contributed by atoms with Crippen LogP contribution < -0.4 is 5.32 Å². The quantitative estimate of drug-likeness (QED) is 0.617. The first-order valence-corrected chi connectivity index (χ1v) is 8.56. The number of nitrogens with zero attached hydrogens (tertiary/aromatic N) is 1. The highest BCUT2D eigenvalue weighted by atomic mass is 16.5. The van der Waals surface area contributed by atoms with Gasteiger partial charge < -0.3 is 10.1 Å². The van der Waals surface area contributed by atoms with E-state index in [1.54, 1.807) is 13.8 Å². The van der Waals surface area contributed by atoms with Gasteiger partial charge in [0.25, 0.3) is 17.7 Å². The molecule has 7 heteroatoms. The molecule has 1 N–H and O–H groups in total. The van der Waals surface area contributed by atoms with Gasteiger partial charge in [0, 0.05) is 12.1 Å². The lowest BCUT2D eigenvalue weighted by Gasteiger charge is -2.19. The number of carbonyl (C=O) groups is 4. The van der Waals surface area contributed by atoms with Gasteiger partial charge in [-0.3, -0.25) is 19.3 Å². The maximum absolute atomic E-state index is 12.5. The van der Waals surface area contributed by atoms with Gasteiger partial charge in [0.05, 0.1) is 18.2 Å². The van der Waals surface area contributed by atoms with E-state index in [9.17, 15) is 19.2 Å². The number of rotatable bonds is 6. The number of fused-ring (bicyclic) bond motifs is 1. The molecular weight excluding hydrogens is 336 g/mol. The fourth-order valence-corrected chi connectivity index (χ4v) is 2.81. The van der Waals surface area contributed by atoms with Gasteiger partial charge in [0.1, 0.15) is 6.04 Å². The SMILES string of the molecule is COC(=O)[C@H](NC(=O)c1ccc2c(c1)C(=O)N(CC(C)C)C2=O)C(C)C. The van der Waals surface area contributed by atoms with Crippen LogP contribution in [-0.4, -0.2) is 48.3 Å². The number of hydrogen-bond acceptors (Lipinski definition) is 5. The number of methoxy groups -OCH3 is 1. The first kappa shape index (κ1) is 19.6. The van der Waals surface area contributed by atoms with Crippen molar-refractivity contribution in [2.75, 3.05) is 13.7 Å². The van der Waals surface area contributed by atoms with Gasteiger partial charge in [-0.25, -0.2) is 4.79 Å². The van der Waals surface area contributed by atoms with E-state index in [-0.39, 0.29) is 28.9 Å². The van der Waals surface area contributed by atoms with Gasteiger partial charge in [0.15, 0.2) is 0 Å². The third-order valence-corrected chi connectivity index (χ3v) is 4.19. The fourth-order valence-electron chi connectivity index (χ4n) is 2.81. The van der Waals surface area contributed by atoms with Gasteiger partial charge >= 0.3 is 5.97 Å². The zero-order valence-electron chi connectivity index (χ0n) is 15.7. The number of hydrogen-bond donors (Lipinski definition) is 1. The third kappa shape index (κ3) is 3.76. The van der Waals surface area contributed by atoms with E-state index in [4.69, 9.17) is 4.74 Å². The van der Waals surface area contributed by atoms with Crippen LogP contribution in [0.1, 0.15) is 58.8 Å². The van der Waals surface area contributed by atoms with Crippen molar-refractivity contribution in [3.63, 3.8) is 0 Å². The highest BCUT2D eigenvalue weighted by Crippen LogP contribution is 2.25. The van der Waals surface area contributed by atoms with Gasteiger partial charge in [-0.05, 0) is 30.0 Å². The van der Waals surface area contributed by atoms with Crippen LogP contribution in [0.25, 0.3) is 0 Å². The predicted octanol–water partition coefficient (Wildman–Crippen LogP) is 1.87. The average Bonchev–Trinajstić information content (AvgIpc) is 2.82. The zero-order valence-corrected chi connectivity index (χ0v) is 15.7. The zero-order chi connectivity index (χ0) is 19.6. The molecule has 1 heterocycles. The molecule has 1 aromatic rings. The van der Waals surface area contributed by atoms with Crippen LogP contribution in [0.4, 0.5) is 0 Å². The molecule has 0 unspecified atom stereocenters. The smallest absolute Gasteiger partial charge is 0.328 e. The molecule has 1 aliphatic rings. The van der Waals surface area contributed by atoms with Crippen LogP contribution in [0.3, 0.4) is 0 Å². The second-order valence-corrected chi connectivity index (χ2v) is 7.09. The Kier molecular flexibility index (Phi) is 5.79. The summed E-state index contributed by atoms with van der Waals surface area (Å²) < 4.78 is 4.71. The predicted molar refractivity (Wildman–Crippen MR) is 94.8 cm³/mol. The largest absolute Gasteiger partial charge is 0.467 e. The normalized spacial score (nSPS) is 14.7. The Balaban J connectivity index is 2.26. The third-order valence-electron chi connectivity index (χ3n) is 4.19. The molecule has 1 aromatic carbocycles. The molecule has 0 radical (unpaired) electrons. The average molecular weight is 360 g/mol. The molecule has 0 aliphatic carbocycles. The van der Waals surface area contributed by atoms with Crippen LogP contribution >= 0.6 is 0 Å². The van der Waals surface area contributed by atoms with E-state index in [2.05, 4.69) is 5.32 Å². The summed E-state index contributed by atoms with van der Waals surface area (Å²) in [6.07, 6.45) is 0. The van der Waals surface area contributed by atoms with Crippen molar-refractivity contribution >= 4 is 23.7 Å². The summed E-state index contributed by atoms with van der Waals surface area (Å²) in [5, 5.41) is 2.62. The Bertz CT molecular complexity index is 754. The van der Waals surface area contributed by atoms with Gasteiger partial charge in [-0.1, -0.05) is 27.7 Å². The highest BCUT2D eigenvalue weighted by Gasteiger charge is 2.36. The second-order valence-electron chi connectivity index (χ2n) is 7.09. The van der Waals surface area contributed by atoms with E-state index >= 15 is 0 Å². The fraction of sp³-hybridized carbons (Fsp3) is 0.474. The molecule has 0 saturated carbocycles. The lowest BCUT2D eigenvalue weighted by molar-refractivity contribution is -0.144. The van der Waals surface area contributed by atoms with Crippen molar-refractivity contribution in [2.24, 2.45) is 11.8 Å². The summed E-state index contributed by atoms with van der Waals surface area (Å²) in [6, 6.07) is 3.57. The Labute approximate surface area is 152 Å². The van der Waals surface area contributed by atoms with E-state index in [0.29, 0.717) is 12.1 Å². The summed E-state index contributed by atoms with van der Waals surface area (Å²) in [7, 11) is 1.26. The van der Waals surface area contributed by atoms with Crippen molar-refractivity contribution in [1.29, 1.82) is 0 Å².